The molecule has 7 nitrogen and oxygen atoms in total. The molecule has 162 valence electrons. The largest absolute Gasteiger partial charge is 0.497 e. The van der Waals surface area contributed by atoms with Gasteiger partial charge in [-0.3, -0.25) is 4.79 Å². The molecule has 0 atom stereocenters. The van der Waals surface area contributed by atoms with Gasteiger partial charge in [0.15, 0.2) is 5.96 Å². The smallest absolute Gasteiger partial charge is 0.241 e. The Bertz CT molecular complexity index is 683. The van der Waals surface area contributed by atoms with E-state index in [9.17, 15) is 4.79 Å². The maximum atomic E-state index is 11.9. The average Bonchev–Trinajstić information content (AvgIpc) is 3.20. The lowest BCUT2D eigenvalue weighted by Crippen LogP contribution is -2.44. The highest BCUT2D eigenvalue weighted by molar-refractivity contribution is 5.86. The van der Waals surface area contributed by atoms with Crippen molar-refractivity contribution in [2.24, 2.45) is 10.9 Å². The lowest BCUT2D eigenvalue weighted by atomic mass is 10.2. The SMILES string of the molecule is COc1ccc(CN=C(NCC(=O)N(C)C)NCC(C)C)c(OC2CCCC2)c1. The van der Waals surface area contributed by atoms with Gasteiger partial charge in [0.25, 0.3) is 0 Å². The number of guanidine groups is 1. The van der Waals surface area contributed by atoms with Crippen LogP contribution in [0.1, 0.15) is 45.1 Å². The molecule has 1 fully saturated rings. The molecule has 0 aliphatic heterocycles. The predicted molar refractivity (Wildman–Crippen MR) is 117 cm³/mol. The lowest BCUT2D eigenvalue weighted by molar-refractivity contribution is -0.127. The summed E-state index contributed by atoms with van der Waals surface area (Å²) in [6.07, 6.45) is 4.88. The first kappa shape index (κ1) is 22.8. The van der Waals surface area contributed by atoms with Gasteiger partial charge in [0.2, 0.25) is 5.91 Å². The highest BCUT2D eigenvalue weighted by Gasteiger charge is 2.18. The normalized spacial score (nSPS) is 14.8. The fourth-order valence-electron chi connectivity index (χ4n) is 3.04. The molecule has 1 saturated carbocycles. The summed E-state index contributed by atoms with van der Waals surface area (Å²) >= 11 is 0. The van der Waals surface area contributed by atoms with E-state index in [0.29, 0.717) is 18.4 Å². The van der Waals surface area contributed by atoms with Crippen LogP contribution in [0.4, 0.5) is 0 Å². The second-order valence-corrected chi connectivity index (χ2v) is 8.08. The van der Waals surface area contributed by atoms with E-state index in [1.165, 1.54) is 12.8 Å². The zero-order chi connectivity index (χ0) is 21.2. The number of benzene rings is 1. The van der Waals surface area contributed by atoms with E-state index in [-0.39, 0.29) is 18.6 Å². The Hall–Kier alpha value is -2.44. The van der Waals surface area contributed by atoms with Gasteiger partial charge < -0.3 is 25.0 Å². The topological polar surface area (TPSA) is 75.2 Å². The van der Waals surface area contributed by atoms with Gasteiger partial charge in [-0.15, -0.1) is 0 Å². The molecule has 1 aromatic carbocycles. The Morgan fingerprint density at radius 1 is 1.24 bits per heavy atom. The van der Waals surface area contributed by atoms with Gasteiger partial charge in [-0.1, -0.05) is 13.8 Å². The van der Waals surface area contributed by atoms with Gasteiger partial charge in [-0.25, -0.2) is 4.99 Å². The molecule has 1 aromatic rings. The van der Waals surface area contributed by atoms with E-state index in [2.05, 4.69) is 24.5 Å². The Morgan fingerprint density at radius 2 is 1.97 bits per heavy atom. The van der Waals surface area contributed by atoms with E-state index < -0.39 is 0 Å². The van der Waals surface area contributed by atoms with Crippen molar-refractivity contribution < 1.29 is 14.3 Å². The molecular weight excluding hydrogens is 368 g/mol. The molecule has 1 amide bonds. The van der Waals surface area contributed by atoms with Gasteiger partial charge in [0.1, 0.15) is 11.5 Å². The number of likely N-dealkylation sites (N-methyl/N-ethyl adjacent to an activating group) is 1. The number of carbonyl (C=O) groups is 1. The first-order valence-electron chi connectivity index (χ1n) is 10.4. The number of methoxy groups -OCH3 is 1. The molecule has 7 heteroatoms. The molecule has 2 N–H and O–H groups in total. The van der Waals surface area contributed by atoms with Crippen LogP contribution in [0.25, 0.3) is 0 Å². The Labute approximate surface area is 174 Å². The molecule has 0 bridgehead atoms. The number of ether oxygens (including phenoxy) is 2. The number of nitrogens with zero attached hydrogens (tertiary/aromatic N) is 2. The van der Waals surface area contributed by atoms with E-state index in [4.69, 9.17) is 14.5 Å². The van der Waals surface area contributed by atoms with Crippen LogP contribution in [0.2, 0.25) is 0 Å². The van der Waals surface area contributed by atoms with Crippen LogP contribution < -0.4 is 20.1 Å². The van der Waals surface area contributed by atoms with Crippen molar-refractivity contribution in [2.75, 3.05) is 34.3 Å². The molecule has 0 radical (unpaired) electrons. The maximum Gasteiger partial charge on any atom is 0.241 e. The van der Waals surface area contributed by atoms with Crippen molar-refractivity contribution in [1.29, 1.82) is 0 Å². The Morgan fingerprint density at radius 3 is 2.59 bits per heavy atom. The van der Waals surface area contributed by atoms with Gasteiger partial charge in [-0.05, 0) is 43.7 Å². The monoisotopic (exact) mass is 404 g/mol. The van der Waals surface area contributed by atoms with Gasteiger partial charge in [0.05, 0.1) is 26.3 Å². The van der Waals surface area contributed by atoms with Crippen molar-refractivity contribution in [3.63, 3.8) is 0 Å². The molecule has 0 saturated heterocycles. The number of rotatable bonds is 9. The molecule has 29 heavy (non-hydrogen) atoms. The van der Waals surface area contributed by atoms with Crippen molar-refractivity contribution in [3.05, 3.63) is 23.8 Å². The molecule has 0 unspecified atom stereocenters. The summed E-state index contributed by atoms with van der Waals surface area (Å²) < 4.78 is 11.6. The number of carbonyl (C=O) groups excluding carboxylic acids is 1. The zero-order valence-electron chi connectivity index (χ0n) is 18.5. The van der Waals surface area contributed by atoms with E-state index in [0.717, 1.165) is 36.4 Å². The number of hydrogen-bond acceptors (Lipinski definition) is 4. The summed E-state index contributed by atoms with van der Waals surface area (Å²) in [7, 11) is 5.14. The van der Waals surface area contributed by atoms with Crippen LogP contribution in [0, 0.1) is 5.92 Å². The summed E-state index contributed by atoms with van der Waals surface area (Å²) in [5, 5.41) is 6.43. The summed E-state index contributed by atoms with van der Waals surface area (Å²) in [6.45, 7) is 5.69. The average molecular weight is 405 g/mol. The molecular formula is C22H36N4O3. The molecule has 2 rings (SSSR count). The quantitative estimate of drug-likeness (QED) is 0.489. The van der Waals surface area contributed by atoms with Gasteiger partial charge in [-0.2, -0.15) is 0 Å². The van der Waals surface area contributed by atoms with Crippen LogP contribution in [-0.2, 0) is 11.3 Å². The van der Waals surface area contributed by atoms with Crippen molar-refractivity contribution in [2.45, 2.75) is 52.2 Å². The van der Waals surface area contributed by atoms with Crippen molar-refractivity contribution in [1.82, 2.24) is 15.5 Å². The van der Waals surface area contributed by atoms with Gasteiger partial charge in [0, 0.05) is 32.3 Å². The zero-order valence-corrected chi connectivity index (χ0v) is 18.5. The molecule has 1 aliphatic rings. The fraction of sp³-hybridized carbons (Fsp3) is 0.636. The van der Waals surface area contributed by atoms with E-state index in [1.807, 2.05) is 18.2 Å². The number of nitrogens with one attached hydrogen (secondary N) is 2. The first-order valence-corrected chi connectivity index (χ1v) is 10.4. The highest BCUT2D eigenvalue weighted by Crippen LogP contribution is 2.30. The van der Waals surface area contributed by atoms with Crippen molar-refractivity contribution in [3.8, 4) is 11.5 Å². The highest BCUT2D eigenvalue weighted by atomic mass is 16.5. The fourth-order valence-corrected chi connectivity index (χ4v) is 3.04. The summed E-state index contributed by atoms with van der Waals surface area (Å²) in [5.74, 6) is 2.69. The third-order valence-corrected chi connectivity index (χ3v) is 4.86. The molecule has 0 aromatic heterocycles. The summed E-state index contributed by atoms with van der Waals surface area (Å²) in [6, 6.07) is 5.86. The van der Waals surface area contributed by atoms with Crippen LogP contribution in [0.5, 0.6) is 11.5 Å². The van der Waals surface area contributed by atoms with E-state index >= 15 is 0 Å². The van der Waals surface area contributed by atoms with Crippen LogP contribution in [0.3, 0.4) is 0 Å². The minimum atomic E-state index is -0.00116. The van der Waals surface area contributed by atoms with Crippen LogP contribution in [0.15, 0.2) is 23.2 Å². The second-order valence-electron chi connectivity index (χ2n) is 8.08. The number of aliphatic imine (C=N–C) groups is 1. The third-order valence-electron chi connectivity index (χ3n) is 4.86. The molecule has 1 aliphatic carbocycles. The number of hydrogen-bond donors (Lipinski definition) is 2. The summed E-state index contributed by atoms with van der Waals surface area (Å²) in [5.41, 5.74) is 1.00. The first-order chi connectivity index (χ1) is 13.9. The van der Waals surface area contributed by atoms with Crippen LogP contribution >= 0.6 is 0 Å². The van der Waals surface area contributed by atoms with Gasteiger partial charge >= 0.3 is 0 Å². The number of amides is 1. The molecule has 0 heterocycles. The Kier molecular flexibility index (Phi) is 9.09. The minimum absolute atomic E-state index is 0.00116. The summed E-state index contributed by atoms with van der Waals surface area (Å²) in [4.78, 5) is 18.2. The third kappa shape index (κ3) is 7.83. The lowest BCUT2D eigenvalue weighted by Gasteiger charge is -2.18. The van der Waals surface area contributed by atoms with E-state index in [1.54, 1.807) is 26.1 Å². The van der Waals surface area contributed by atoms with Crippen LogP contribution in [-0.4, -0.2) is 57.2 Å². The Balaban J connectivity index is 2.12. The minimum Gasteiger partial charge on any atom is -0.497 e. The maximum absolute atomic E-state index is 11.9. The predicted octanol–water partition coefficient (Wildman–Crippen LogP) is 2.80. The second kappa shape index (κ2) is 11.5. The molecule has 0 spiro atoms. The standard InChI is InChI=1S/C22H36N4O3/c1-16(2)13-23-22(25-15-21(27)26(3)4)24-14-17-10-11-19(28-5)12-20(17)29-18-8-6-7-9-18/h10-12,16,18H,6-9,13-15H2,1-5H3,(H2,23,24,25). The van der Waals surface area contributed by atoms with Crippen molar-refractivity contribution >= 4 is 11.9 Å².